The van der Waals surface area contributed by atoms with Crippen LogP contribution in [0, 0.1) is 0 Å². The van der Waals surface area contributed by atoms with E-state index < -0.39 is 0 Å². The smallest absolute Gasteiger partial charge is 0.336 e. The number of ether oxygens (including phenoxy) is 1. The van der Waals surface area contributed by atoms with Crippen molar-refractivity contribution in [2.75, 3.05) is 0 Å². The number of carbonyl (C=O) groups is 1. The summed E-state index contributed by atoms with van der Waals surface area (Å²) >= 11 is 4.98. The van der Waals surface area contributed by atoms with Crippen LogP contribution < -0.4 is 0 Å². The van der Waals surface area contributed by atoms with Gasteiger partial charge in [-0.3, -0.25) is 0 Å². The van der Waals surface area contributed by atoms with E-state index in [4.69, 9.17) is 4.74 Å². The largest absolute Gasteiger partial charge is 0.422 e. The summed E-state index contributed by atoms with van der Waals surface area (Å²) < 4.78 is 5.75. The lowest BCUT2D eigenvalue weighted by Crippen LogP contribution is -1.91. The number of halogens is 1. The molecule has 0 amide bonds. The Morgan fingerprint density at radius 3 is 2.85 bits per heavy atom. The molecular weight excluding hydrogens is 252 g/mol. The molecule has 4 heteroatoms. The summed E-state index contributed by atoms with van der Waals surface area (Å²) in [7, 11) is 0. The predicted octanol–water partition coefficient (Wildman–Crippen LogP) is 2.92. The maximum absolute atomic E-state index is 10.8. The number of thiophene rings is 1. The number of esters is 1. The molecule has 2 heterocycles. The number of hydrogen-bond donors (Lipinski definition) is 0. The molecule has 13 heavy (non-hydrogen) atoms. The van der Waals surface area contributed by atoms with Gasteiger partial charge in [0.15, 0.2) is 0 Å². The van der Waals surface area contributed by atoms with E-state index >= 15 is 0 Å². The fourth-order valence-corrected chi connectivity index (χ4v) is 2.23. The van der Waals surface area contributed by atoms with E-state index in [1.54, 1.807) is 17.4 Å². The molecule has 0 unspecified atom stereocenters. The second-order valence-corrected chi connectivity index (χ2v) is 4.02. The van der Waals surface area contributed by atoms with Crippen molar-refractivity contribution in [1.29, 1.82) is 0 Å². The minimum atomic E-state index is -0.317. The maximum atomic E-state index is 10.8. The van der Waals surface area contributed by atoms with Crippen molar-refractivity contribution >= 4 is 37.7 Å². The summed E-state index contributed by atoms with van der Waals surface area (Å²) in [5.74, 6) is 0.255. The van der Waals surface area contributed by atoms with E-state index in [0.29, 0.717) is 5.76 Å². The molecule has 66 valence electrons. The summed E-state index contributed by atoms with van der Waals surface area (Å²) in [6, 6.07) is 1.96. The molecule has 2 rings (SSSR count). The van der Waals surface area contributed by atoms with E-state index in [2.05, 4.69) is 15.9 Å². The van der Waals surface area contributed by atoms with E-state index in [-0.39, 0.29) is 5.97 Å². The van der Waals surface area contributed by atoms with Gasteiger partial charge in [0.05, 0.1) is 4.48 Å². The average Bonchev–Trinajstić information content (AvgIpc) is 2.72. The van der Waals surface area contributed by atoms with Gasteiger partial charge in [0.2, 0.25) is 0 Å². The van der Waals surface area contributed by atoms with E-state index in [0.717, 1.165) is 10.0 Å². The average molecular weight is 257 g/mol. The van der Waals surface area contributed by atoms with Crippen LogP contribution in [-0.2, 0) is 9.53 Å². The van der Waals surface area contributed by atoms with Crippen molar-refractivity contribution in [2.45, 2.75) is 0 Å². The fourth-order valence-electron chi connectivity index (χ4n) is 0.970. The Bertz CT molecular complexity index is 390. The van der Waals surface area contributed by atoms with Crippen molar-refractivity contribution in [3.63, 3.8) is 0 Å². The van der Waals surface area contributed by atoms with Gasteiger partial charge in [-0.25, -0.2) is 4.79 Å². The second kappa shape index (κ2) is 3.47. The zero-order valence-corrected chi connectivity index (χ0v) is 8.89. The van der Waals surface area contributed by atoms with Gasteiger partial charge in [-0.1, -0.05) is 0 Å². The van der Waals surface area contributed by atoms with E-state index in [1.807, 2.05) is 16.8 Å². The molecule has 0 bridgehead atoms. The van der Waals surface area contributed by atoms with Crippen molar-refractivity contribution in [2.24, 2.45) is 0 Å². The topological polar surface area (TPSA) is 26.3 Å². The highest BCUT2D eigenvalue weighted by Crippen LogP contribution is 2.30. The molecule has 0 fully saturated rings. The Kier molecular flexibility index (Phi) is 2.33. The molecule has 0 aliphatic carbocycles. The molecule has 1 aromatic heterocycles. The van der Waals surface area contributed by atoms with Gasteiger partial charge in [0.1, 0.15) is 5.76 Å². The molecular formula is C9H5BrO2S. The minimum Gasteiger partial charge on any atom is -0.422 e. The first kappa shape index (κ1) is 8.72. The Balaban J connectivity index is 2.36. The van der Waals surface area contributed by atoms with Crippen molar-refractivity contribution in [1.82, 2.24) is 0 Å². The zero-order valence-electron chi connectivity index (χ0n) is 6.49. The van der Waals surface area contributed by atoms with E-state index in [9.17, 15) is 4.79 Å². The van der Waals surface area contributed by atoms with Crippen molar-refractivity contribution in [3.8, 4) is 0 Å². The van der Waals surface area contributed by atoms with Gasteiger partial charge >= 0.3 is 5.97 Å². The second-order valence-electron chi connectivity index (χ2n) is 2.44. The highest BCUT2D eigenvalue weighted by Gasteiger charge is 2.14. The fraction of sp³-hybridized carbons (Fsp3) is 0. The van der Waals surface area contributed by atoms with Gasteiger partial charge in [-0.05, 0) is 38.8 Å². The Hall–Kier alpha value is -0.870. The first-order valence-electron chi connectivity index (χ1n) is 3.59. The zero-order chi connectivity index (χ0) is 9.26. The Labute approximate surface area is 87.7 Å². The van der Waals surface area contributed by atoms with Gasteiger partial charge < -0.3 is 4.74 Å². The molecule has 1 aliphatic rings. The van der Waals surface area contributed by atoms with Gasteiger partial charge in [-0.15, -0.1) is 0 Å². The van der Waals surface area contributed by atoms with Crippen LogP contribution in [0.4, 0.5) is 0 Å². The lowest BCUT2D eigenvalue weighted by Gasteiger charge is -1.99. The number of cyclic esters (lactones) is 1. The number of allylic oxidation sites excluding steroid dienone is 1. The monoisotopic (exact) mass is 256 g/mol. The first-order valence-corrected chi connectivity index (χ1v) is 5.33. The molecule has 0 radical (unpaired) electrons. The third-order valence-electron chi connectivity index (χ3n) is 1.57. The molecule has 2 nitrogen and oxygen atoms in total. The Morgan fingerprint density at radius 2 is 2.31 bits per heavy atom. The minimum absolute atomic E-state index is 0.317. The summed E-state index contributed by atoms with van der Waals surface area (Å²) in [5.41, 5.74) is 1.03. The summed E-state index contributed by atoms with van der Waals surface area (Å²) in [4.78, 5) is 10.8. The summed E-state index contributed by atoms with van der Waals surface area (Å²) in [6.45, 7) is 0. The quantitative estimate of drug-likeness (QED) is 0.723. The third kappa shape index (κ3) is 1.73. The lowest BCUT2D eigenvalue weighted by atomic mass is 10.3. The van der Waals surface area contributed by atoms with Gasteiger partial charge in [0, 0.05) is 11.6 Å². The van der Waals surface area contributed by atoms with Crippen LogP contribution >= 0.6 is 27.3 Å². The highest BCUT2D eigenvalue weighted by atomic mass is 79.9. The number of hydrogen-bond acceptors (Lipinski definition) is 3. The number of carbonyl (C=O) groups excluding carboxylic acids is 1. The maximum Gasteiger partial charge on any atom is 0.336 e. The van der Waals surface area contributed by atoms with Crippen LogP contribution in [0.5, 0.6) is 0 Å². The van der Waals surface area contributed by atoms with Crippen LogP contribution in [0.1, 0.15) is 5.56 Å². The summed E-state index contributed by atoms with van der Waals surface area (Å²) in [6.07, 6.45) is 3.06. The molecule has 0 saturated carbocycles. The molecule has 0 saturated heterocycles. The summed E-state index contributed by atoms with van der Waals surface area (Å²) in [5, 5.41) is 3.95. The molecule has 0 spiro atoms. The van der Waals surface area contributed by atoms with Crippen LogP contribution in [-0.4, -0.2) is 5.97 Å². The highest BCUT2D eigenvalue weighted by molar-refractivity contribution is 9.15. The molecule has 0 atom stereocenters. The van der Waals surface area contributed by atoms with Gasteiger partial charge in [0.25, 0.3) is 0 Å². The lowest BCUT2D eigenvalue weighted by molar-refractivity contribution is -0.132. The number of rotatable bonds is 1. The van der Waals surface area contributed by atoms with E-state index in [1.165, 1.54) is 6.08 Å². The molecule has 0 aromatic carbocycles. The molecule has 0 N–H and O–H groups in total. The van der Waals surface area contributed by atoms with Gasteiger partial charge in [-0.2, -0.15) is 11.3 Å². The normalized spacial score (nSPS) is 19.0. The Morgan fingerprint density at radius 1 is 1.46 bits per heavy atom. The van der Waals surface area contributed by atoms with Crippen LogP contribution in [0.2, 0.25) is 0 Å². The molecule has 1 aromatic rings. The van der Waals surface area contributed by atoms with Crippen LogP contribution in [0.15, 0.2) is 34.7 Å². The standard InChI is InChI=1S/C9H5BrO2S/c10-9(6-3-4-13-5-6)7-1-2-8(11)12-7/h1-5H. The SMILES string of the molecule is O=C1C=CC(=C(Br)c2ccsc2)O1. The molecule has 1 aliphatic heterocycles. The van der Waals surface area contributed by atoms with Crippen molar-refractivity contribution in [3.05, 3.63) is 40.3 Å². The van der Waals surface area contributed by atoms with Crippen molar-refractivity contribution < 1.29 is 9.53 Å². The van der Waals surface area contributed by atoms with Crippen LogP contribution in [0.25, 0.3) is 4.48 Å². The third-order valence-corrected chi connectivity index (χ3v) is 3.10. The first-order chi connectivity index (χ1) is 6.27. The predicted molar refractivity (Wildman–Crippen MR) is 55.4 cm³/mol. The van der Waals surface area contributed by atoms with Crippen LogP contribution in [0.3, 0.4) is 0 Å².